The van der Waals surface area contributed by atoms with Crippen LogP contribution in [0.2, 0.25) is 0 Å². The number of halogens is 3. The summed E-state index contributed by atoms with van der Waals surface area (Å²) < 4.78 is 55.9. The predicted molar refractivity (Wildman–Crippen MR) is 124 cm³/mol. The number of alkyl halides is 3. The van der Waals surface area contributed by atoms with E-state index >= 15 is 0 Å². The Balaban J connectivity index is 2.15. The number of hydrogen-bond acceptors (Lipinski definition) is 7. The molecule has 0 saturated carbocycles. The lowest BCUT2D eigenvalue weighted by Crippen LogP contribution is -2.41. The minimum atomic E-state index is -4.56. The summed E-state index contributed by atoms with van der Waals surface area (Å²) in [6.45, 7) is 7.55. The highest BCUT2D eigenvalue weighted by Gasteiger charge is 2.36. The van der Waals surface area contributed by atoms with Gasteiger partial charge in [0.2, 0.25) is 5.75 Å². The van der Waals surface area contributed by atoms with Crippen molar-refractivity contribution in [2.75, 3.05) is 7.11 Å². The van der Waals surface area contributed by atoms with Crippen LogP contribution in [-0.2, 0) is 20.5 Å². The predicted octanol–water partition coefficient (Wildman–Crippen LogP) is 4.52. The van der Waals surface area contributed by atoms with Crippen LogP contribution < -0.4 is 14.8 Å². The standard InChI is InChI=1S/C25H29F3N2O6/c1-13(2)23(32)36-21-19(34-6)11-12-29-20(21)22(31)30-15(4)24(33)35-16(5)14(3)17-9-7-8-10-18(17)25(26,27)28/h7-16H,1-6H3,(H,30,31)/t14-,15-,16+/m0/s1. The van der Waals surface area contributed by atoms with E-state index in [4.69, 9.17) is 14.2 Å². The number of esters is 2. The van der Waals surface area contributed by atoms with Gasteiger partial charge < -0.3 is 19.5 Å². The lowest BCUT2D eigenvalue weighted by atomic mass is 9.91. The van der Waals surface area contributed by atoms with Crippen molar-refractivity contribution in [3.05, 3.63) is 53.3 Å². The molecule has 3 atom stereocenters. The van der Waals surface area contributed by atoms with Crippen LogP contribution >= 0.6 is 0 Å². The highest BCUT2D eigenvalue weighted by Crippen LogP contribution is 2.36. The maximum absolute atomic E-state index is 13.4. The molecule has 0 aliphatic heterocycles. The lowest BCUT2D eigenvalue weighted by Gasteiger charge is -2.25. The molecule has 1 heterocycles. The van der Waals surface area contributed by atoms with Crippen molar-refractivity contribution in [1.29, 1.82) is 0 Å². The largest absolute Gasteiger partial charge is 0.493 e. The zero-order chi connectivity index (χ0) is 27.2. The maximum atomic E-state index is 13.4. The smallest absolute Gasteiger partial charge is 0.416 e. The number of nitrogens with zero attached hydrogens (tertiary/aromatic N) is 1. The van der Waals surface area contributed by atoms with Gasteiger partial charge in [-0.15, -0.1) is 0 Å². The topological polar surface area (TPSA) is 104 Å². The van der Waals surface area contributed by atoms with Crippen LogP contribution in [0, 0.1) is 5.92 Å². The third-order valence-electron chi connectivity index (χ3n) is 5.44. The Hall–Kier alpha value is -3.63. The molecule has 8 nitrogen and oxygen atoms in total. The first kappa shape index (κ1) is 28.6. The molecule has 0 bridgehead atoms. The van der Waals surface area contributed by atoms with Gasteiger partial charge in [0.1, 0.15) is 12.1 Å². The van der Waals surface area contributed by atoms with E-state index in [1.54, 1.807) is 13.8 Å². The summed E-state index contributed by atoms with van der Waals surface area (Å²) in [6, 6.07) is 5.27. The Kier molecular flexibility index (Phi) is 9.43. The minimum absolute atomic E-state index is 0.0146. The number of benzene rings is 1. The fourth-order valence-electron chi connectivity index (χ4n) is 3.19. The summed E-state index contributed by atoms with van der Waals surface area (Å²) in [5, 5.41) is 2.41. The molecule has 11 heteroatoms. The number of pyridine rings is 1. The lowest BCUT2D eigenvalue weighted by molar-refractivity contribution is -0.151. The van der Waals surface area contributed by atoms with Crippen molar-refractivity contribution in [2.45, 2.75) is 58.9 Å². The zero-order valence-electron chi connectivity index (χ0n) is 20.8. The van der Waals surface area contributed by atoms with Crippen LogP contribution in [0.4, 0.5) is 13.2 Å². The molecule has 2 rings (SSSR count). The van der Waals surface area contributed by atoms with Gasteiger partial charge in [-0.3, -0.25) is 9.59 Å². The van der Waals surface area contributed by atoms with Gasteiger partial charge in [0, 0.05) is 18.2 Å². The number of rotatable bonds is 9. The molecule has 0 radical (unpaired) electrons. The molecule has 196 valence electrons. The number of amides is 1. The molecule has 1 aromatic carbocycles. The summed E-state index contributed by atoms with van der Waals surface area (Å²) in [5.41, 5.74) is -1.11. The Labute approximate surface area is 207 Å². The molecule has 0 fully saturated rings. The second kappa shape index (κ2) is 11.9. The molecule has 1 aromatic heterocycles. The number of carbonyl (C=O) groups excluding carboxylic acids is 3. The van der Waals surface area contributed by atoms with Crippen LogP contribution in [-0.4, -0.2) is 42.1 Å². The molecule has 1 N–H and O–H groups in total. The van der Waals surface area contributed by atoms with E-state index in [0.29, 0.717) is 0 Å². The van der Waals surface area contributed by atoms with E-state index in [1.807, 2.05) is 0 Å². The summed E-state index contributed by atoms with van der Waals surface area (Å²) in [7, 11) is 1.32. The van der Waals surface area contributed by atoms with E-state index < -0.39 is 53.6 Å². The van der Waals surface area contributed by atoms with Gasteiger partial charge in [-0.1, -0.05) is 39.0 Å². The van der Waals surface area contributed by atoms with Crippen molar-refractivity contribution >= 4 is 17.8 Å². The Bertz CT molecular complexity index is 1100. The number of methoxy groups -OCH3 is 1. The van der Waals surface area contributed by atoms with E-state index in [-0.39, 0.29) is 22.8 Å². The van der Waals surface area contributed by atoms with Crippen LogP contribution in [0.15, 0.2) is 36.5 Å². The number of carbonyl (C=O) groups is 3. The quantitative estimate of drug-likeness (QED) is 0.495. The van der Waals surface area contributed by atoms with Gasteiger partial charge in [0.05, 0.1) is 18.6 Å². The van der Waals surface area contributed by atoms with Crippen molar-refractivity contribution in [1.82, 2.24) is 10.3 Å². The Morgan fingerprint density at radius 2 is 1.61 bits per heavy atom. The molecule has 0 spiro atoms. The highest BCUT2D eigenvalue weighted by molar-refractivity contribution is 5.98. The van der Waals surface area contributed by atoms with Gasteiger partial charge >= 0.3 is 18.1 Å². The van der Waals surface area contributed by atoms with Gasteiger partial charge in [0.25, 0.3) is 5.91 Å². The van der Waals surface area contributed by atoms with Gasteiger partial charge in [-0.25, -0.2) is 9.78 Å². The number of nitrogens with one attached hydrogen (secondary N) is 1. The summed E-state index contributed by atoms with van der Waals surface area (Å²) >= 11 is 0. The summed E-state index contributed by atoms with van der Waals surface area (Å²) in [5.74, 6) is -3.72. The third kappa shape index (κ3) is 6.96. The van der Waals surface area contributed by atoms with Crippen LogP contribution in [0.3, 0.4) is 0 Å². The van der Waals surface area contributed by atoms with Crippen molar-refractivity contribution in [2.24, 2.45) is 5.92 Å². The first-order valence-electron chi connectivity index (χ1n) is 11.2. The van der Waals surface area contributed by atoms with Gasteiger partial charge in [-0.2, -0.15) is 13.2 Å². The maximum Gasteiger partial charge on any atom is 0.416 e. The number of ether oxygens (including phenoxy) is 3. The van der Waals surface area contributed by atoms with Crippen LogP contribution in [0.5, 0.6) is 11.5 Å². The van der Waals surface area contributed by atoms with E-state index in [0.717, 1.165) is 6.07 Å². The second-order valence-electron chi connectivity index (χ2n) is 8.48. The summed E-state index contributed by atoms with van der Waals surface area (Å²) in [4.78, 5) is 41.5. The molecule has 2 aromatic rings. The van der Waals surface area contributed by atoms with Crippen molar-refractivity contribution in [3.8, 4) is 11.5 Å². The molecule has 0 aliphatic carbocycles. The monoisotopic (exact) mass is 510 g/mol. The first-order valence-corrected chi connectivity index (χ1v) is 11.2. The molecule has 1 amide bonds. The third-order valence-corrected chi connectivity index (χ3v) is 5.44. The molecular formula is C25H29F3N2O6. The first-order chi connectivity index (χ1) is 16.8. The van der Waals surface area contributed by atoms with Crippen LogP contribution in [0.1, 0.15) is 62.2 Å². The van der Waals surface area contributed by atoms with Crippen molar-refractivity contribution in [3.63, 3.8) is 0 Å². The van der Waals surface area contributed by atoms with Gasteiger partial charge in [0.15, 0.2) is 11.4 Å². The van der Waals surface area contributed by atoms with E-state index in [2.05, 4.69) is 10.3 Å². The average Bonchev–Trinajstić information content (AvgIpc) is 2.82. The molecule has 0 unspecified atom stereocenters. The molecular weight excluding hydrogens is 481 g/mol. The second-order valence-corrected chi connectivity index (χ2v) is 8.48. The van der Waals surface area contributed by atoms with E-state index in [1.165, 1.54) is 58.3 Å². The number of hydrogen-bond donors (Lipinski definition) is 1. The normalized spacial score (nSPS) is 13.9. The summed E-state index contributed by atoms with van der Waals surface area (Å²) in [6.07, 6.45) is -4.22. The Morgan fingerprint density at radius 1 is 0.972 bits per heavy atom. The van der Waals surface area contributed by atoms with Crippen molar-refractivity contribution < 1.29 is 41.8 Å². The average molecular weight is 511 g/mol. The van der Waals surface area contributed by atoms with Gasteiger partial charge in [-0.05, 0) is 25.5 Å². The fraction of sp³-hybridized carbons (Fsp3) is 0.440. The zero-order valence-corrected chi connectivity index (χ0v) is 20.8. The molecule has 0 aliphatic rings. The minimum Gasteiger partial charge on any atom is -0.493 e. The van der Waals surface area contributed by atoms with Crippen LogP contribution in [0.25, 0.3) is 0 Å². The fourth-order valence-corrected chi connectivity index (χ4v) is 3.19. The Morgan fingerprint density at radius 3 is 2.19 bits per heavy atom. The molecule has 0 saturated heterocycles. The highest BCUT2D eigenvalue weighted by atomic mass is 19.4. The molecule has 36 heavy (non-hydrogen) atoms. The number of aromatic nitrogens is 1. The SMILES string of the molecule is COc1ccnc(C(=O)N[C@@H](C)C(=O)O[C@H](C)[C@H](C)c2ccccc2C(F)(F)F)c1OC(=O)C(C)C. The van der Waals surface area contributed by atoms with E-state index in [9.17, 15) is 27.6 Å².